The normalized spacial score (nSPS) is 16.1. The molecular formula is C17H19N5O2S. The summed E-state index contributed by atoms with van der Waals surface area (Å²) in [5.41, 5.74) is 1.43. The van der Waals surface area contributed by atoms with Gasteiger partial charge in [0.15, 0.2) is 4.96 Å². The average molecular weight is 357 g/mol. The maximum absolute atomic E-state index is 12.8. The van der Waals surface area contributed by atoms with Crippen LogP contribution in [0.1, 0.15) is 29.0 Å². The number of aromatic nitrogens is 3. The highest BCUT2D eigenvalue weighted by Gasteiger charge is 2.22. The van der Waals surface area contributed by atoms with Crippen molar-refractivity contribution < 1.29 is 9.53 Å². The third-order valence-corrected chi connectivity index (χ3v) is 5.02. The molecule has 3 aromatic heterocycles. The molecule has 0 spiro atoms. The number of hydrogen-bond acceptors (Lipinski definition) is 6. The monoisotopic (exact) mass is 357 g/mol. The van der Waals surface area contributed by atoms with Crippen LogP contribution in [0.3, 0.4) is 0 Å². The van der Waals surface area contributed by atoms with E-state index in [9.17, 15) is 4.79 Å². The van der Waals surface area contributed by atoms with E-state index in [2.05, 4.69) is 20.2 Å². The first-order valence-electron chi connectivity index (χ1n) is 8.23. The van der Waals surface area contributed by atoms with Crippen molar-refractivity contribution in [1.29, 1.82) is 0 Å². The van der Waals surface area contributed by atoms with E-state index in [0.717, 1.165) is 23.7 Å². The predicted octanol–water partition coefficient (Wildman–Crippen LogP) is 2.12. The van der Waals surface area contributed by atoms with Crippen molar-refractivity contribution in [2.45, 2.75) is 13.0 Å². The molecule has 1 amide bonds. The minimum absolute atomic E-state index is 0.140. The number of imidazole rings is 1. The number of ether oxygens (including phenoxy) is 1. The molecule has 7 nitrogen and oxygen atoms in total. The molecule has 1 atom stereocenters. The van der Waals surface area contributed by atoms with Gasteiger partial charge in [-0.25, -0.2) is 9.97 Å². The Kier molecular flexibility index (Phi) is 4.37. The summed E-state index contributed by atoms with van der Waals surface area (Å²) in [6, 6.07) is 3.42. The number of nitrogens with one attached hydrogen (secondary N) is 1. The van der Waals surface area contributed by atoms with Gasteiger partial charge in [-0.15, -0.1) is 11.3 Å². The van der Waals surface area contributed by atoms with Gasteiger partial charge >= 0.3 is 0 Å². The van der Waals surface area contributed by atoms with E-state index in [1.165, 1.54) is 0 Å². The van der Waals surface area contributed by atoms with E-state index in [-0.39, 0.29) is 11.9 Å². The molecule has 0 saturated carbocycles. The number of amides is 1. The van der Waals surface area contributed by atoms with Crippen LogP contribution < -0.4 is 10.2 Å². The van der Waals surface area contributed by atoms with Crippen LogP contribution in [-0.4, -0.2) is 46.6 Å². The number of thiazole rings is 1. The number of anilines is 1. The summed E-state index contributed by atoms with van der Waals surface area (Å²) in [4.78, 5) is 24.8. The van der Waals surface area contributed by atoms with E-state index < -0.39 is 0 Å². The number of fused-ring (bicyclic) bond motifs is 1. The number of hydrogen-bond donors (Lipinski definition) is 1. The lowest BCUT2D eigenvalue weighted by Gasteiger charge is -2.29. The van der Waals surface area contributed by atoms with Gasteiger partial charge in [-0.2, -0.15) is 0 Å². The lowest BCUT2D eigenvalue weighted by Crippen LogP contribution is -2.38. The highest BCUT2D eigenvalue weighted by molar-refractivity contribution is 7.15. The topological polar surface area (TPSA) is 71.8 Å². The van der Waals surface area contributed by atoms with Gasteiger partial charge in [0.05, 0.1) is 30.5 Å². The minimum atomic E-state index is -0.183. The van der Waals surface area contributed by atoms with Crippen LogP contribution in [0.15, 0.2) is 36.1 Å². The Balaban J connectivity index is 1.53. The molecule has 0 aliphatic carbocycles. The molecule has 0 aromatic carbocycles. The Labute approximate surface area is 149 Å². The Bertz CT molecular complexity index is 855. The van der Waals surface area contributed by atoms with E-state index in [1.807, 2.05) is 35.2 Å². The first-order valence-corrected chi connectivity index (χ1v) is 9.11. The predicted molar refractivity (Wildman–Crippen MR) is 96.2 cm³/mol. The van der Waals surface area contributed by atoms with Crippen LogP contribution >= 0.6 is 11.3 Å². The molecule has 1 aliphatic rings. The van der Waals surface area contributed by atoms with Crippen molar-refractivity contribution in [3.05, 3.63) is 47.4 Å². The Morgan fingerprint density at radius 1 is 1.40 bits per heavy atom. The number of carbonyl (C=O) groups is 1. The van der Waals surface area contributed by atoms with Crippen molar-refractivity contribution in [1.82, 2.24) is 19.7 Å². The van der Waals surface area contributed by atoms with Gasteiger partial charge in [0.25, 0.3) is 5.91 Å². The van der Waals surface area contributed by atoms with E-state index in [1.54, 1.807) is 23.6 Å². The van der Waals surface area contributed by atoms with Crippen molar-refractivity contribution in [2.75, 3.05) is 31.2 Å². The van der Waals surface area contributed by atoms with Gasteiger partial charge in [0, 0.05) is 37.1 Å². The van der Waals surface area contributed by atoms with Gasteiger partial charge in [0.1, 0.15) is 5.82 Å². The second kappa shape index (κ2) is 6.81. The molecule has 0 radical (unpaired) electrons. The number of nitrogens with zero attached hydrogens (tertiary/aromatic N) is 4. The number of carbonyl (C=O) groups excluding carboxylic acids is 1. The minimum Gasteiger partial charge on any atom is -0.378 e. The van der Waals surface area contributed by atoms with Gasteiger partial charge in [0.2, 0.25) is 0 Å². The first kappa shape index (κ1) is 16.0. The van der Waals surface area contributed by atoms with Crippen LogP contribution in [0, 0.1) is 0 Å². The maximum Gasteiger partial charge on any atom is 0.255 e. The van der Waals surface area contributed by atoms with Gasteiger partial charge in [-0.05, 0) is 19.1 Å². The fourth-order valence-corrected chi connectivity index (χ4v) is 3.61. The zero-order chi connectivity index (χ0) is 17.2. The van der Waals surface area contributed by atoms with Crippen molar-refractivity contribution >= 4 is 28.0 Å². The molecule has 1 saturated heterocycles. The van der Waals surface area contributed by atoms with Crippen LogP contribution in [-0.2, 0) is 4.74 Å². The molecule has 8 heteroatoms. The van der Waals surface area contributed by atoms with Crippen molar-refractivity contribution in [3.63, 3.8) is 0 Å². The second-order valence-corrected chi connectivity index (χ2v) is 6.80. The standard InChI is InChI=1S/C17H19N5O2S/c1-12(14-11-22-7-10-25-17(22)20-14)19-16(23)13-3-2-4-18-15(13)21-5-8-24-9-6-21/h2-4,7,10-12H,5-6,8-9H2,1H3,(H,19,23). The summed E-state index contributed by atoms with van der Waals surface area (Å²) in [5, 5.41) is 5.02. The molecule has 3 aromatic rings. The Morgan fingerprint density at radius 3 is 3.04 bits per heavy atom. The number of morpholine rings is 1. The fourth-order valence-electron chi connectivity index (χ4n) is 2.90. The molecule has 130 valence electrons. The third-order valence-electron chi connectivity index (χ3n) is 4.25. The highest BCUT2D eigenvalue weighted by Crippen LogP contribution is 2.21. The van der Waals surface area contributed by atoms with Gasteiger partial charge in [-0.1, -0.05) is 0 Å². The fraction of sp³-hybridized carbons (Fsp3) is 0.353. The SMILES string of the molecule is CC(NC(=O)c1cccnc1N1CCOCC1)c1cn2ccsc2n1. The molecule has 1 aliphatic heterocycles. The maximum atomic E-state index is 12.8. The quantitative estimate of drug-likeness (QED) is 0.774. The van der Waals surface area contributed by atoms with E-state index in [4.69, 9.17) is 4.74 Å². The Morgan fingerprint density at radius 2 is 2.24 bits per heavy atom. The third kappa shape index (κ3) is 3.22. The summed E-state index contributed by atoms with van der Waals surface area (Å²) in [5.74, 6) is 0.569. The summed E-state index contributed by atoms with van der Waals surface area (Å²) < 4.78 is 7.35. The van der Waals surface area contributed by atoms with Gasteiger partial charge < -0.3 is 15.0 Å². The van der Waals surface area contributed by atoms with E-state index >= 15 is 0 Å². The zero-order valence-corrected chi connectivity index (χ0v) is 14.7. The summed E-state index contributed by atoms with van der Waals surface area (Å²) in [6.45, 7) is 4.72. The molecule has 25 heavy (non-hydrogen) atoms. The van der Waals surface area contributed by atoms with E-state index in [0.29, 0.717) is 24.6 Å². The molecule has 0 bridgehead atoms. The molecule has 1 fully saturated rings. The summed E-state index contributed by atoms with van der Waals surface area (Å²) in [7, 11) is 0. The van der Waals surface area contributed by atoms with Gasteiger partial charge in [-0.3, -0.25) is 9.20 Å². The lowest BCUT2D eigenvalue weighted by atomic mass is 10.2. The van der Waals surface area contributed by atoms with Crippen LogP contribution in [0.2, 0.25) is 0 Å². The number of pyridine rings is 1. The average Bonchev–Trinajstić information content (AvgIpc) is 3.24. The van der Waals surface area contributed by atoms with Crippen molar-refractivity contribution in [3.8, 4) is 0 Å². The van der Waals surface area contributed by atoms with Crippen molar-refractivity contribution in [2.24, 2.45) is 0 Å². The van der Waals surface area contributed by atoms with Crippen LogP contribution in [0.5, 0.6) is 0 Å². The molecule has 4 rings (SSSR count). The highest BCUT2D eigenvalue weighted by atomic mass is 32.1. The van der Waals surface area contributed by atoms with Crippen LogP contribution in [0.4, 0.5) is 5.82 Å². The smallest absolute Gasteiger partial charge is 0.255 e. The summed E-state index contributed by atoms with van der Waals surface area (Å²) >= 11 is 1.57. The molecule has 1 unspecified atom stereocenters. The molecule has 1 N–H and O–H groups in total. The zero-order valence-electron chi connectivity index (χ0n) is 13.9. The first-order chi connectivity index (χ1) is 12.2. The summed E-state index contributed by atoms with van der Waals surface area (Å²) in [6.07, 6.45) is 5.63. The largest absolute Gasteiger partial charge is 0.378 e. The second-order valence-electron chi connectivity index (χ2n) is 5.93. The van der Waals surface area contributed by atoms with Crippen LogP contribution in [0.25, 0.3) is 4.96 Å². The number of rotatable bonds is 4. The lowest BCUT2D eigenvalue weighted by molar-refractivity contribution is 0.0937. The Hall–Kier alpha value is -2.45. The molecular weight excluding hydrogens is 338 g/mol. The molecule has 4 heterocycles.